The molecular formula is C31H51NO6. The summed E-state index contributed by atoms with van der Waals surface area (Å²) < 4.78 is 24.1. The van der Waals surface area contributed by atoms with Crippen molar-refractivity contribution in [2.45, 2.75) is 141 Å². The van der Waals surface area contributed by atoms with Crippen LogP contribution in [0.3, 0.4) is 0 Å². The zero-order valence-corrected chi connectivity index (χ0v) is 23.7. The summed E-state index contributed by atoms with van der Waals surface area (Å²) in [4.78, 5) is 11.9. The third-order valence-electron chi connectivity index (χ3n) is 7.59. The summed E-state index contributed by atoms with van der Waals surface area (Å²) in [6.45, 7) is 4.51. The number of hydrogen-bond acceptors (Lipinski definition) is 6. The minimum atomic E-state index is -0.964. The second kappa shape index (κ2) is 18.0. The van der Waals surface area contributed by atoms with Gasteiger partial charge in [-0.25, -0.2) is 0 Å². The van der Waals surface area contributed by atoms with E-state index in [2.05, 4.69) is 12.2 Å². The number of hydrogen-bond donors (Lipinski definition) is 2. The smallest absolute Gasteiger partial charge is 0.217 e. The fourth-order valence-corrected chi connectivity index (χ4v) is 5.40. The summed E-state index contributed by atoms with van der Waals surface area (Å²) in [6.07, 6.45) is 14.9. The van der Waals surface area contributed by atoms with Gasteiger partial charge in [-0.2, -0.15) is 0 Å². The summed E-state index contributed by atoms with van der Waals surface area (Å²) in [5, 5.41) is 13.9. The quantitative estimate of drug-likeness (QED) is 0.219. The first-order valence-corrected chi connectivity index (χ1v) is 15.1. The minimum absolute atomic E-state index is 0.243. The van der Waals surface area contributed by atoms with Gasteiger partial charge in [-0.3, -0.25) is 4.79 Å². The van der Waals surface area contributed by atoms with Crippen LogP contribution in [0.4, 0.5) is 0 Å². The maximum Gasteiger partial charge on any atom is 0.217 e. The monoisotopic (exact) mass is 533 g/mol. The standard InChI is InChI=1S/C31H51NO6/c1-3-4-5-6-7-8-9-10-11-12-13-14-15-19-22-35-31-27(32-24(2)33)28(34)29-26(37-31)23-36-30(38-29)25-20-17-16-18-21-25/h16-18,20-21,26-31,34H,3-15,19,22-23H2,1-2H3,(H,32,33)/t26-,27-,28-,29+,30+,31-/m1/s1. The number of ether oxygens (including phenoxy) is 4. The second-order valence-electron chi connectivity index (χ2n) is 10.9. The molecule has 0 spiro atoms. The van der Waals surface area contributed by atoms with E-state index in [1.807, 2.05) is 30.3 Å². The van der Waals surface area contributed by atoms with Gasteiger partial charge >= 0.3 is 0 Å². The minimum Gasteiger partial charge on any atom is -0.388 e. The molecule has 2 heterocycles. The molecule has 2 N–H and O–H groups in total. The van der Waals surface area contributed by atoms with Crippen molar-refractivity contribution in [2.75, 3.05) is 13.2 Å². The molecule has 2 aliphatic rings. The van der Waals surface area contributed by atoms with Crippen molar-refractivity contribution >= 4 is 5.91 Å². The average Bonchev–Trinajstić information content (AvgIpc) is 2.93. The molecule has 6 atom stereocenters. The predicted octanol–water partition coefficient (Wildman–Crippen LogP) is 6.19. The predicted molar refractivity (Wildman–Crippen MR) is 149 cm³/mol. The Balaban J connectivity index is 1.30. The largest absolute Gasteiger partial charge is 0.388 e. The molecule has 38 heavy (non-hydrogen) atoms. The molecule has 1 aromatic rings. The highest BCUT2D eigenvalue weighted by molar-refractivity contribution is 5.73. The van der Waals surface area contributed by atoms with E-state index in [0.717, 1.165) is 18.4 Å². The van der Waals surface area contributed by atoms with Crippen molar-refractivity contribution in [1.29, 1.82) is 0 Å². The molecule has 1 amide bonds. The van der Waals surface area contributed by atoms with Crippen molar-refractivity contribution < 1.29 is 28.8 Å². The molecule has 7 heteroatoms. The molecule has 7 nitrogen and oxygen atoms in total. The van der Waals surface area contributed by atoms with Crippen LogP contribution in [0.2, 0.25) is 0 Å². The summed E-state index contributed by atoms with van der Waals surface area (Å²) in [7, 11) is 0. The average molecular weight is 534 g/mol. The van der Waals surface area contributed by atoms with E-state index in [1.165, 1.54) is 84.0 Å². The molecule has 0 unspecified atom stereocenters. The molecule has 216 valence electrons. The van der Waals surface area contributed by atoms with Crippen molar-refractivity contribution in [3.05, 3.63) is 35.9 Å². The molecule has 0 radical (unpaired) electrons. The highest BCUT2D eigenvalue weighted by Gasteiger charge is 2.50. The Morgan fingerprint density at radius 3 is 2.05 bits per heavy atom. The van der Waals surface area contributed by atoms with E-state index in [-0.39, 0.29) is 12.5 Å². The van der Waals surface area contributed by atoms with E-state index in [0.29, 0.717) is 6.61 Å². The van der Waals surface area contributed by atoms with Gasteiger partial charge in [0.15, 0.2) is 12.6 Å². The molecule has 1 aromatic carbocycles. The van der Waals surface area contributed by atoms with Gasteiger partial charge in [0.2, 0.25) is 5.91 Å². The van der Waals surface area contributed by atoms with Crippen molar-refractivity contribution in [3.63, 3.8) is 0 Å². The number of aliphatic hydroxyl groups is 1. The lowest BCUT2D eigenvalue weighted by Gasteiger charge is -2.47. The first-order valence-electron chi connectivity index (χ1n) is 15.1. The van der Waals surface area contributed by atoms with Crippen LogP contribution in [-0.2, 0) is 23.7 Å². The lowest BCUT2D eigenvalue weighted by molar-refractivity contribution is -0.344. The van der Waals surface area contributed by atoms with Crippen LogP contribution in [0.25, 0.3) is 0 Å². The third kappa shape index (κ3) is 10.6. The van der Waals surface area contributed by atoms with Gasteiger partial charge < -0.3 is 29.4 Å². The van der Waals surface area contributed by atoms with Gasteiger partial charge in [0, 0.05) is 19.1 Å². The fraction of sp³-hybridized carbons (Fsp3) is 0.774. The van der Waals surface area contributed by atoms with Gasteiger partial charge in [0.25, 0.3) is 0 Å². The SMILES string of the molecule is CCCCCCCCCCCCCCCCO[C@@H]1O[C@@H]2CO[C@H](c3ccccc3)O[C@@H]2[C@H](O)[C@H]1NC(C)=O. The Bertz CT molecular complexity index is 762. The first-order chi connectivity index (χ1) is 18.6. The lowest BCUT2D eigenvalue weighted by atomic mass is 9.95. The van der Waals surface area contributed by atoms with Gasteiger partial charge in [-0.05, 0) is 6.42 Å². The topological polar surface area (TPSA) is 86.2 Å². The van der Waals surface area contributed by atoms with E-state index >= 15 is 0 Å². The third-order valence-corrected chi connectivity index (χ3v) is 7.59. The van der Waals surface area contributed by atoms with E-state index in [1.54, 1.807) is 0 Å². The number of fused-ring (bicyclic) bond motifs is 1. The lowest BCUT2D eigenvalue weighted by Crippen LogP contribution is -2.66. The van der Waals surface area contributed by atoms with Gasteiger partial charge in [0.05, 0.1) is 6.61 Å². The van der Waals surface area contributed by atoms with Crippen LogP contribution in [0.5, 0.6) is 0 Å². The maximum atomic E-state index is 11.9. The first kappa shape index (κ1) is 31.0. The number of carbonyl (C=O) groups is 1. The number of carbonyl (C=O) groups excluding carboxylic acids is 1. The van der Waals surface area contributed by atoms with Crippen LogP contribution in [-0.4, -0.2) is 54.9 Å². The van der Waals surface area contributed by atoms with E-state index in [4.69, 9.17) is 18.9 Å². The zero-order valence-electron chi connectivity index (χ0n) is 23.7. The van der Waals surface area contributed by atoms with Crippen LogP contribution in [0.15, 0.2) is 30.3 Å². The molecule has 0 aromatic heterocycles. The number of nitrogens with one attached hydrogen (secondary N) is 1. The Labute approximate surface area is 230 Å². The molecule has 0 aliphatic carbocycles. The number of rotatable bonds is 18. The van der Waals surface area contributed by atoms with Crippen LogP contribution in [0, 0.1) is 0 Å². The highest BCUT2D eigenvalue weighted by atomic mass is 16.7. The van der Waals surface area contributed by atoms with Gasteiger partial charge in [-0.1, -0.05) is 121 Å². The number of amides is 1. The van der Waals surface area contributed by atoms with Crippen molar-refractivity contribution in [2.24, 2.45) is 0 Å². The molecule has 0 saturated carbocycles. The Kier molecular flexibility index (Phi) is 14.7. The Morgan fingerprint density at radius 2 is 1.47 bits per heavy atom. The molecular weight excluding hydrogens is 482 g/mol. The van der Waals surface area contributed by atoms with Gasteiger partial charge in [-0.15, -0.1) is 0 Å². The molecule has 2 aliphatic heterocycles. The normalized spacial score (nSPS) is 27.1. The maximum absolute atomic E-state index is 11.9. The number of aliphatic hydroxyl groups excluding tert-OH is 1. The summed E-state index contributed by atoms with van der Waals surface area (Å²) in [5.41, 5.74) is 0.880. The van der Waals surface area contributed by atoms with E-state index < -0.39 is 36.9 Å². The summed E-state index contributed by atoms with van der Waals surface area (Å²) in [6, 6.07) is 8.92. The van der Waals surface area contributed by atoms with Crippen molar-refractivity contribution in [3.8, 4) is 0 Å². The van der Waals surface area contributed by atoms with Crippen molar-refractivity contribution in [1.82, 2.24) is 5.32 Å². The van der Waals surface area contributed by atoms with Crippen LogP contribution < -0.4 is 5.32 Å². The molecule has 3 rings (SSSR count). The zero-order chi connectivity index (χ0) is 27.0. The van der Waals surface area contributed by atoms with Crippen LogP contribution >= 0.6 is 0 Å². The second-order valence-corrected chi connectivity index (χ2v) is 10.9. The fourth-order valence-electron chi connectivity index (χ4n) is 5.40. The number of benzene rings is 1. The summed E-state index contributed by atoms with van der Waals surface area (Å²) in [5.74, 6) is -0.243. The molecule has 0 bridgehead atoms. The van der Waals surface area contributed by atoms with Crippen LogP contribution in [0.1, 0.15) is 116 Å². The molecule has 2 saturated heterocycles. The Hall–Kier alpha value is -1.51. The number of unbranched alkanes of at least 4 members (excludes halogenated alkanes) is 13. The van der Waals surface area contributed by atoms with Gasteiger partial charge in [0.1, 0.15) is 24.4 Å². The summed E-state index contributed by atoms with van der Waals surface area (Å²) >= 11 is 0. The highest BCUT2D eigenvalue weighted by Crippen LogP contribution is 2.34. The Morgan fingerprint density at radius 1 is 0.895 bits per heavy atom. The van der Waals surface area contributed by atoms with E-state index in [9.17, 15) is 9.90 Å². The molecule has 2 fully saturated rings.